The van der Waals surface area contributed by atoms with Crippen molar-refractivity contribution >= 4 is 21.8 Å². The van der Waals surface area contributed by atoms with E-state index in [4.69, 9.17) is 5.26 Å². The second-order valence-corrected chi connectivity index (χ2v) is 9.10. The van der Waals surface area contributed by atoms with Crippen LogP contribution in [0.25, 0.3) is 0 Å². The highest BCUT2D eigenvalue weighted by atomic mass is 32.2. The molecule has 1 atom stereocenters. The van der Waals surface area contributed by atoms with E-state index >= 15 is 0 Å². The molecule has 0 heterocycles. The van der Waals surface area contributed by atoms with Crippen LogP contribution in [0.4, 0.5) is 0 Å². The highest BCUT2D eigenvalue weighted by Crippen LogP contribution is 2.19. The Morgan fingerprint density at radius 2 is 1.74 bits per heavy atom. The van der Waals surface area contributed by atoms with Crippen LogP contribution in [-0.4, -0.2) is 38.9 Å². The van der Waals surface area contributed by atoms with E-state index in [1.165, 1.54) is 24.3 Å². The molecule has 2 amide bonds. The van der Waals surface area contributed by atoms with Crippen molar-refractivity contribution in [3.63, 3.8) is 0 Å². The lowest BCUT2D eigenvalue weighted by molar-refractivity contribution is -0.123. The molecule has 1 fully saturated rings. The molecule has 162 valence electrons. The molecule has 0 aromatic heterocycles. The fraction of sp³-hybridized carbons (Fsp3) is 0.318. The first kappa shape index (κ1) is 22.5. The van der Waals surface area contributed by atoms with Crippen molar-refractivity contribution in [2.75, 3.05) is 6.54 Å². The Morgan fingerprint density at radius 3 is 2.35 bits per heavy atom. The summed E-state index contributed by atoms with van der Waals surface area (Å²) in [6.07, 6.45) is 2.29. The topological polar surface area (TPSA) is 128 Å². The summed E-state index contributed by atoms with van der Waals surface area (Å²) in [5.41, 5.74) is 1.16. The Balaban J connectivity index is 1.69. The molecular weight excluding hydrogens is 416 g/mol. The molecule has 0 radical (unpaired) electrons. The van der Waals surface area contributed by atoms with E-state index in [1.54, 1.807) is 0 Å². The number of nitrogens with zero attached hydrogens (tertiary/aromatic N) is 1. The van der Waals surface area contributed by atoms with Crippen LogP contribution in [0, 0.1) is 11.3 Å². The molecular formula is C22H24N4O4S. The van der Waals surface area contributed by atoms with Gasteiger partial charge in [0.2, 0.25) is 15.9 Å². The third-order valence-electron chi connectivity index (χ3n) is 4.78. The number of hydrogen-bond acceptors (Lipinski definition) is 5. The number of carbonyl (C=O) groups excluding carboxylic acids is 2. The van der Waals surface area contributed by atoms with Gasteiger partial charge in [-0.25, -0.2) is 13.1 Å². The molecule has 0 aliphatic heterocycles. The molecule has 9 heteroatoms. The minimum Gasteiger partial charge on any atom is -0.352 e. The maximum absolute atomic E-state index is 12.7. The lowest BCUT2D eigenvalue weighted by Crippen LogP contribution is -2.48. The van der Waals surface area contributed by atoms with E-state index in [9.17, 15) is 18.0 Å². The Hall–Kier alpha value is -3.22. The molecule has 31 heavy (non-hydrogen) atoms. The molecule has 2 aromatic rings. The van der Waals surface area contributed by atoms with Crippen molar-refractivity contribution in [2.24, 2.45) is 0 Å². The highest BCUT2D eigenvalue weighted by Gasteiger charge is 2.29. The molecule has 1 saturated carbocycles. The van der Waals surface area contributed by atoms with Crippen molar-refractivity contribution < 1.29 is 18.0 Å². The Morgan fingerprint density at radius 1 is 1.06 bits per heavy atom. The average Bonchev–Trinajstić information content (AvgIpc) is 3.58. The van der Waals surface area contributed by atoms with Gasteiger partial charge in [-0.1, -0.05) is 30.3 Å². The summed E-state index contributed by atoms with van der Waals surface area (Å²) in [7, 11) is -3.76. The largest absolute Gasteiger partial charge is 0.352 e. The first-order valence-corrected chi connectivity index (χ1v) is 11.5. The lowest BCUT2D eigenvalue weighted by atomic mass is 10.0. The van der Waals surface area contributed by atoms with Crippen LogP contribution in [0.15, 0.2) is 59.5 Å². The molecule has 1 unspecified atom stereocenters. The maximum Gasteiger partial charge on any atom is 0.251 e. The van der Waals surface area contributed by atoms with Crippen LogP contribution in [0.5, 0.6) is 0 Å². The number of nitrogens with one attached hydrogen (secondary N) is 3. The Kier molecular flexibility index (Phi) is 7.39. The van der Waals surface area contributed by atoms with E-state index in [0.717, 1.165) is 18.4 Å². The molecule has 1 aliphatic rings. The number of benzene rings is 2. The van der Waals surface area contributed by atoms with Crippen molar-refractivity contribution in [2.45, 2.75) is 42.7 Å². The summed E-state index contributed by atoms with van der Waals surface area (Å²) >= 11 is 0. The van der Waals surface area contributed by atoms with Crippen molar-refractivity contribution in [3.8, 4) is 6.07 Å². The first-order valence-electron chi connectivity index (χ1n) is 10.0. The number of nitriles is 1. The van der Waals surface area contributed by atoms with Crippen molar-refractivity contribution in [3.05, 3.63) is 65.7 Å². The smallest absolute Gasteiger partial charge is 0.251 e. The van der Waals surface area contributed by atoms with E-state index in [1.807, 2.05) is 36.4 Å². The van der Waals surface area contributed by atoms with E-state index in [2.05, 4.69) is 15.4 Å². The molecule has 8 nitrogen and oxygen atoms in total. The zero-order valence-corrected chi connectivity index (χ0v) is 17.7. The van der Waals surface area contributed by atoms with Crippen LogP contribution in [-0.2, 0) is 21.2 Å². The van der Waals surface area contributed by atoms with Gasteiger partial charge >= 0.3 is 0 Å². The van der Waals surface area contributed by atoms with Crippen molar-refractivity contribution in [1.29, 1.82) is 5.26 Å². The molecule has 1 aliphatic carbocycles. The lowest BCUT2D eigenvalue weighted by Gasteiger charge is -2.19. The van der Waals surface area contributed by atoms with Gasteiger partial charge in [0.25, 0.3) is 5.91 Å². The maximum atomic E-state index is 12.7. The van der Waals surface area contributed by atoms with Crippen LogP contribution < -0.4 is 15.4 Å². The fourth-order valence-corrected chi connectivity index (χ4v) is 3.97. The predicted octanol–water partition coefficient (Wildman–Crippen LogP) is 1.50. The second-order valence-electron chi connectivity index (χ2n) is 7.33. The van der Waals surface area contributed by atoms with Gasteiger partial charge in [0.15, 0.2) is 0 Å². The Bertz CT molecular complexity index is 1060. The van der Waals surface area contributed by atoms with E-state index in [0.29, 0.717) is 6.42 Å². The SMILES string of the molecule is N#CCCNS(=O)(=O)c1ccc(C(=O)NC(Cc2ccccc2)C(=O)NC2CC2)cc1. The number of rotatable bonds is 10. The number of amides is 2. The van der Waals surface area contributed by atoms with Gasteiger partial charge < -0.3 is 10.6 Å². The molecule has 0 spiro atoms. The van der Waals surface area contributed by atoms with E-state index in [-0.39, 0.29) is 35.4 Å². The molecule has 3 N–H and O–H groups in total. The summed E-state index contributed by atoms with van der Waals surface area (Å²) in [4.78, 5) is 25.4. The zero-order chi connectivity index (χ0) is 22.3. The number of carbonyl (C=O) groups is 2. The van der Waals surface area contributed by atoms with Gasteiger partial charge in [0.05, 0.1) is 11.0 Å². The summed E-state index contributed by atoms with van der Waals surface area (Å²) in [5, 5.41) is 14.2. The number of sulfonamides is 1. The van der Waals surface area contributed by atoms with Gasteiger partial charge in [0, 0.05) is 31.0 Å². The normalized spacial score (nSPS) is 14.3. The quantitative estimate of drug-likeness (QED) is 0.482. The third-order valence-corrected chi connectivity index (χ3v) is 6.26. The Labute approximate surface area is 181 Å². The third kappa shape index (κ3) is 6.64. The monoisotopic (exact) mass is 440 g/mol. The number of hydrogen-bond donors (Lipinski definition) is 3. The van der Waals surface area contributed by atoms with Gasteiger partial charge in [-0.3, -0.25) is 9.59 Å². The zero-order valence-electron chi connectivity index (χ0n) is 16.9. The average molecular weight is 441 g/mol. The highest BCUT2D eigenvalue weighted by molar-refractivity contribution is 7.89. The molecule has 0 saturated heterocycles. The van der Waals surface area contributed by atoms with Gasteiger partial charge in [-0.05, 0) is 42.7 Å². The van der Waals surface area contributed by atoms with Crippen LogP contribution in [0.3, 0.4) is 0 Å². The molecule has 3 rings (SSSR count). The summed E-state index contributed by atoms with van der Waals surface area (Å²) < 4.78 is 26.7. The summed E-state index contributed by atoms with van der Waals surface area (Å²) in [6.45, 7) is 0.0122. The second kappa shape index (κ2) is 10.2. The fourth-order valence-electron chi connectivity index (χ4n) is 2.94. The molecule has 0 bridgehead atoms. The van der Waals surface area contributed by atoms with E-state index < -0.39 is 22.0 Å². The minimum atomic E-state index is -3.76. The first-order chi connectivity index (χ1) is 14.9. The molecule has 2 aromatic carbocycles. The van der Waals surface area contributed by atoms with Crippen LogP contribution in [0.2, 0.25) is 0 Å². The van der Waals surface area contributed by atoms with Crippen molar-refractivity contribution in [1.82, 2.24) is 15.4 Å². The minimum absolute atomic E-state index is 0.00528. The predicted molar refractivity (Wildman–Crippen MR) is 114 cm³/mol. The summed E-state index contributed by atoms with van der Waals surface area (Å²) in [6, 6.07) is 16.1. The van der Waals surface area contributed by atoms with Gasteiger partial charge in [-0.2, -0.15) is 5.26 Å². The van der Waals surface area contributed by atoms with Gasteiger partial charge in [0.1, 0.15) is 6.04 Å². The summed E-state index contributed by atoms with van der Waals surface area (Å²) in [5.74, 6) is -0.700. The van der Waals surface area contributed by atoms with Gasteiger partial charge in [-0.15, -0.1) is 0 Å². The standard InChI is InChI=1S/C22H24N4O4S/c23-13-4-14-24-31(29,30)19-11-7-17(8-12-19)21(27)26-20(22(28)25-18-9-10-18)15-16-5-2-1-3-6-16/h1-3,5-8,11-12,18,20,24H,4,9-10,14-15H2,(H,25,28)(H,26,27). The van der Waals surface area contributed by atoms with Crippen LogP contribution >= 0.6 is 0 Å². The van der Waals surface area contributed by atoms with Crippen LogP contribution in [0.1, 0.15) is 35.2 Å².